The lowest BCUT2D eigenvalue weighted by Crippen LogP contribution is -2.52. The van der Waals surface area contributed by atoms with Crippen LogP contribution in [-0.2, 0) is 19.3 Å². The lowest BCUT2D eigenvalue weighted by molar-refractivity contribution is -0.233. The molecule has 2 aliphatic rings. The van der Waals surface area contributed by atoms with E-state index in [-0.39, 0.29) is 36.5 Å². The molecule has 2 aromatic rings. The van der Waals surface area contributed by atoms with Crippen molar-refractivity contribution in [2.75, 3.05) is 31.3 Å². The Balaban J connectivity index is 1.30. The molecular formula is C21H22N2O7S. The molecule has 0 unspecified atom stereocenters. The average molecular weight is 446 g/mol. The van der Waals surface area contributed by atoms with Gasteiger partial charge in [-0.3, -0.25) is 14.5 Å². The maximum absolute atomic E-state index is 12.6. The van der Waals surface area contributed by atoms with Crippen LogP contribution in [0.15, 0.2) is 53.4 Å². The smallest absolute Gasteiger partial charge is 0.261 e. The second-order valence-corrected chi connectivity index (χ2v) is 9.48. The summed E-state index contributed by atoms with van der Waals surface area (Å²) in [6.07, 6.45) is -0.807. The van der Waals surface area contributed by atoms with E-state index >= 15 is 0 Å². The number of rotatable bonds is 6. The molecule has 164 valence electrons. The van der Waals surface area contributed by atoms with Gasteiger partial charge >= 0.3 is 0 Å². The minimum Gasteiger partial charge on any atom is -0.386 e. The monoisotopic (exact) mass is 446 g/mol. The molecule has 2 amide bonds. The molecule has 0 aliphatic carbocycles. The summed E-state index contributed by atoms with van der Waals surface area (Å²) in [5.74, 6) is -0.757. The van der Waals surface area contributed by atoms with E-state index in [2.05, 4.69) is 5.32 Å². The van der Waals surface area contributed by atoms with Crippen molar-refractivity contribution in [3.05, 3.63) is 59.7 Å². The number of amides is 2. The number of benzene rings is 2. The molecule has 31 heavy (non-hydrogen) atoms. The van der Waals surface area contributed by atoms with E-state index in [1.54, 1.807) is 36.4 Å². The van der Waals surface area contributed by atoms with Crippen molar-refractivity contribution in [2.24, 2.45) is 0 Å². The number of ether oxygens (including phenoxy) is 2. The van der Waals surface area contributed by atoms with Gasteiger partial charge in [0.15, 0.2) is 16.1 Å². The zero-order chi connectivity index (χ0) is 22.2. The highest BCUT2D eigenvalue weighted by Crippen LogP contribution is 2.26. The summed E-state index contributed by atoms with van der Waals surface area (Å²) in [6, 6.07) is 12.2. The fraction of sp³-hybridized carbons (Fsp3) is 0.333. The van der Waals surface area contributed by atoms with Gasteiger partial charge in [0.05, 0.1) is 35.3 Å². The standard InChI is InChI=1S/C21H22N2O7S/c1-31(27,28)15-8-6-13(7-9-15)22-10-18(24)21-29-11-14(12-30-21)23-19(25)16-4-2-3-5-17(16)20(23)26/h2-9,14,18,21-22,24H,10-12H2,1H3/t14?,18-,21?/m0/s1. The van der Waals surface area contributed by atoms with Crippen molar-refractivity contribution in [1.29, 1.82) is 0 Å². The Hall–Kier alpha value is -2.79. The Kier molecular flexibility index (Phi) is 5.80. The van der Waals surface area contributed by atoms with Gasteiger partial charge in [0.25, 0.3) is 11.8 Å². The molecule has 0 radical (unpaired) electrons. The fourth-order valence-electron chi connectivity index (χ4n) is 3.56. The summed E-state index contributed by atoms with van der Waals surface area (Å²) in [7, 11) is -3.27. The highest BCUT2D eigenvalue weighted by molar-refractivity contribution is 7.90. The van der Waals surface area contributed by atoms with Crippen molar-refractivity contribution in [3.8, 4) is 0 Å². The van der Waals surface area contributed by atoms with Crippen LogP contribution in [0, 0.1) is 0 Å². The number of nitrogens with zero attached hydrogens (tertiary/aromatic N) is 1. The third-order valence-corrected chi connectivity index (χ3v) is 6.34. The minimum absolute atomic E-state index is 0.0518. The Morgan fingerprint density at radius 1 is 1.03 bits per heavy atom. The van der Waals surface area contributed by atoms with Gasteiger partial charge in [0, 0.05) is 18.5 Å². The first kappa shape index (κ1) is 21.4. The second-order valence-electron chi connectivity index (χ2n) is 7.46. The van der Waals surface area contributed by atoms with E-state index in [9.17, 15) is 23.1 Å². The number of carbonyl (C=O) groups excluding carboxylic acids is 2. The number of anilines is 1. The van der Waals surface area contributed by atoms with E-state index in [4.69, 9.17) is 9.47 Å². The van der Waals surface area contributed by atoms with Crippen LogP contribution < -0.4 is 5.32 Å². The Morgan fingerprint density at radius 3 is 2.10 bits per heavy atom. The largest absolute Gasteiger partial charge is 0.386 e. The average Bonchev–Trinajstić information content (AvgIpc) is 3.02. The fourth-order valence-corrected chi connectivity index (χ4v) is 4.19. The van der Waals surface area contributed by atoms with Crippen molar-refractivity contribution >= 4 is 27.3 Å². The van der Waals surface area contributed by atoms with Crippen LogP contribution in [0.25, 0.3) is 0 Å². The molecule has 2 aliphatic heterocycles. The molecule has 1 saturated heterocycles. The first-order valence-corrected chi connectivity index (χ1v) is 11.6. The summed E-state index contributed by atoms with van der Waals surface area (Å²) in [6.45, 7) is 0.201. The van der Waals surface area contributed by atoms with Gasteiger partial charge < -0.3 is 19.9 Å². The number of hydrogen-bond acceptors (Lipinski definition) is 8. The van der Waals surface area contributed by atoms with Gasteiger partial charge in [-0.2, -0.15) is 0 Å². The van der Waals surface area contributed by atoms with Crippen LogP contribution in [0.2, 0.25) is 0 Å². The number of imide groups is 1. The minimum atomic E-state index is -3.27. The molecule has 10 heteroatoms. The van der Waals surface area contributed by atoms with Crippen molar-refractivity contribution < 1.29 is 32.6 Å². The van der Waals surface area contributed by atoms with E-state index < -0.39 is 28.3 Å². The van der Waals surface area contributed by atoms with E-state index in [1.807, 2.05) is 0 Å². The molecule has 2 aromatic carbocycles. The molecule has 0 saturated carbocycles. The summed E-state index contributed by atoms with van der Waals surface area (Å²) in [4.78, 5) is 26.5. The van der Waals surface area contributed by atoms with Crippen LogP contribution in [0.5, 0.6) is 0 Å². The number of aliphatic hydroxyl groups excluding tert-OH is 1. The molecular weight excluding hydrogens is 424 g/mol. The Labute approximate surface area is 179 Å². The predicted octanol–water partition coefficient (Wildman–Crippen LogP) is 0.901. The summed E-state index contributed by atoms with van der Waals surface area (Å²) in [5.41, 5.74) is 1.35. The zero-order valence-corrected chi connectivity index (χ0v) is 17.5. The van der Waals surface area contributed by atoms with Crippen LogP contribution in [-0.4, -0.2) is 74.7 Å². The van der Waals surface area contributed by atoms with Crippen LogP contribution in [0.1, 0.15) is 20.7 Å². The highest BCUT2D eigenvalue weighted by Gasteiger charge is 2.42. The van der Waals surface area contributed by atoms with Crippen molar-refractivity contribution in [2.45, 2.75) is 23.3 Å². The third kappa shape index (κ3) is 4.33. The summed E-state index contributed by atoms with van der Waals surface area (Å²) >= 11 is 0. The highest BCUT2D eigenvalue weighted by atomic mass is 32.2. The number of aliphatic hydroxyl groups is 1. The molecule has 1 atom stereocenters. The molecule has 9 nitrogen and oxygen atoms in total. The SMILES string of the molecule is CS(=O)(=O)c1ccc(NC[C@H](O)C2OCC(N3C(=O)c4ccccc4C3=O)CO2)cc1. The van der Waals surface area contributed by atoms with Crippen molar-refractivity contribution in [3.63, 3.8) is 0 Å². The van der Waals surface area contributed by atoms with Gasteiger partial charge in [-0.25, -0.2) is 8.42 Å². The van der Waals surface area contributed by atoms with E-state index in [0.29, 0.717) is 16.8 Å². The maximum atomic E-state index is 12.6. The number of fused-ring (bicyclic) bond motifs is 1. The molecule has 0 bridgehead atoms. The van der Waals surface area contributed by atoms with Gasteiger partial charge in [0.2, 0.25) is 0 Å². The Bertz CT molecular complexity index is 1060. The lowest BCUT2D eigenvalue weighted by atomic mass is 10.1. The number of carbonyl (C=O) groups is 2. The topological polar surface area (TPSA) is 122 Å². The lowest BCUT2D eigenvalue weighted by Gasteiger charge is -2.35. The second kappa shape index (κ2) is 8.39. The van der Waals surface area contributed by atoms with Gasteiger partial charge in [-0.1, -0.05) is 12.1 Å². The summed E-state index contributed by atoms with van der Waals surface area (Å²) in [5, 5.41) is 13.4. The summed E-state index contributed by atoms with van der Waals surface area (Å²) < 4.78 is 34.2. The van der Waals surface area contributed by atoms with Crippen LogP contribution in [0.3, 0.4) is 0 Å². The molecule has 1 fully saturated rings. The van der Waals surface area contributed by atoms with Crippen LogP contribution in [0.4, 0.5) is 5.69 Å². The van der Waals surface area contributed by atoms with E-state index in [1.165, 1.54) is 12.1 Å². The first-order valence-electron chi connectivity index (χ1n) is 9.68. The first-order chi connectivity index (χ1) is 14.8. The molecule has 4 rings (SSSR count). The van der Waals surface area contributed by atoms with Crippen LogP contribution >= 0.6 is 0 Å². The Morgan fingerprint density at radius 2 is 1.58 bits per heavy atom. The predicted molar refractivity (Wildman–Crippen MR) is 110 cm³/mol. The van der Waals surface area contributed by atoms with Gasteiger partial charge in [-0.05, 0) is 36.4 Å². The zero-order valence-electron chi connectivity index (χ0n) is 16.7. The quantitative estimate of drug-likeness (QED) is 0.628. The molecule has 2 N–H and O–H groups in total. The maximum Gasteiger partial charge on any atom is 0.261 e. The normalized spacial score (nSPS) is 22.3. The third-order valence-electron chi connectivity index (χ3n) is 5.21. The van der Waals surface area contributed by atoms with Crippen molar-refractivity contribution in [1.82, 2.24) is 4.90 Å². The van der Waals surface area contributed by atoms with Gasteiger partial charge in [0.1, 0.15) is 6.10 Å². The number of hydrogen-bond donors (Lipinski definition) is 2. The molecule has 0 spiro atoms. The molecule has 0 aromatic heterocycles. The number of nitrogens with one attached hydrogen (secondary N) is 1. The van der Waals surface area contributed by atoms with Gasteiger partial charge in [-0.15, -0.1) is 0 Å². The van der Waals surface area contributed by atoms with E-state index in [0.717, 1.165) is 11.2 Å². The number of sulfone groups is 1. The molecule has 2 heterocycles.